The number of pyridine rings is 1. The molecule has 1 atom stereocenters. The summed E-state index contributed by atoms with van der Waals surface area (Å²) in [4.78, 5) is 15.0. The quantitative estimate of drug-likeness (QED) is 0.822. The van der Waals surface area contributed by atoms with Crippen molar-refractivity contribution in [2.45, 2.75) is 25.4 Å². The number of nitrogens with zero attached hydrogens (tertiary/aromatic N) is 1. The molecule has 1 aliphatic heterocycles. The van der Waals surface area contributed by atoms with E-state index in [-0.39, 0.29) is 16.8 Å². The van der Waals surface area contributed by atoms with Crippen LogP contribution < -0.4 is 5.32 Å². The molecule has 6 heteroatoms. The highest BCUT2D eigenvalue weighted by atomic mass is 35.5. The second-order valence-electron chi connectivity index (χ2n) is 4.20. The third kappa shape index (κ3) is 3.34. The lowest BCUT2D eigenvalue weighted by atomic mass is 10.1. The fourth-order valence-corrected chi connectivity index (χ4v) is 2.07. The van der Waals surface area contributed by atoms with Gasteiger partial charge in [-0.3, -0.25) is 0 Å². The smallest absolute Gasteiger partial charge is 0.339 e. The zero-order valence-electron chi connectivity index (χ0n) is 9.86. The van der Waals surface area contributed by atoms with Crippen LogP contribution in [0.4, 0.5) is 5.82 Å². The first kappa shape index (κ1) is 13.1. The van der Waals surface area contributed by atoms with Gasteiger partial charge in [0.2, 0.25) is 0 Å². The normalized spacial score (nSPS) is 19.5. The van der Waals surface area contributed by atoms with Crippen LogP contribution in [0.25, 0.3) is 0 Å². The number of nitrogens with one attached hydrogen (secondary N) is 1. The standard InChI is InChI=1S/C12H15ClN2O3/c13-10-5-4-9(12(16)17)11(15-10)14-7-8-3-1-2-6-18-8/h4-5,8H,1-3,6-7H2,(H,14,15)(H,16,17). The van der Waals surface area contributed by atoms with E-state index in [2.05, 4.69) is 10.3 Å². The Kier molecular flexibility index (Phi) is 4.38. The van der Waals surface area contributed by atoms with Gasteiger partial charge in [0.25, 0.3) is 0 Å². The number of carboxylic acids is 1. The van der Waals surface area contributed by atoms with Crippen LogP contribution in [0.3, 0.4) is 0 Å². The van der Waals surface area contributed by atoms with Crippen LogP contribution in [-0.4, -0.2) is 35.3 Å². The van der Waals surface area contributed by atoms with Gasteiger partial charge in [-0.1, -0.05) is 11.6 Å². The summed E-state index contributed by atoms with van der Waals surface area (Å²) in [6.07, 6.45) is 3.32. The Labute approximate surface area is 110 Å². The molecular weight excluding hydrogens is 256 g/mol. The molecule has 1 aromatic heterocycles. The van der Waals surface area contributed by atoms with E-state index in [1.165, 1.54) is 12.1 Å². The van der Waals surface area contributed by atoms with Crippen molar-refractivity contribution in [3.63, 3.8) is 0 Å². The minimum Gasteiger partial charge on any atom is -0.478 e. The van der Waals surface area contributed by atoms with Crippen molar-refractivity contribution in [1.82, 2.24) is 4.98 Å². The number of rotatable bonds is 4. The third-order valence-electron chi connectivity index (χ3n) is 2.86. The average molecular weight is 271 g/mol. The van der Waals surface area contributed by atoms with Gasteiger partial charge in [-0.2, -0.15) is 0 Å². The lowest BCUT2D eigenvalue weighted by Crippen LogP contribution is -2.27. The van der Waals surface area contributed by atoms with Gasteiger partial charge in [0.15, 0.2) is 0 Å². The summed E-state index contributed by atoms with van der Waals surface area (Å²) in [7, 11) is 0. The number of ether oxygens (including phenoxy) is 1. The monoisotopic (exact) mass is 270 g/mol. The highest BCUT2D eigenvalue weighted by Crippen LogP contribution is 2.18. The van der Waals surface area contributed by atoms with E-state index >= 15 is 0 Å². The van der Waals surface area contributed by atoms with Gasteiger partial charge < -0.3 is 15.2 Å². The van der Waals surface area contributed by atoms with Crippen LogP contribution in [0, 0.1) is 0 Å². The molecule has 2 rings (SSSR count). The van der Waals surface area contributed by atoms with Crippen molar-refractivity contribution >= 4 is 23.4 Å². The maximum atomic E-state index is 11.0. The van der Waals surface area contributed by atoms with Crippen LogP contribution in [0.5, 0.6) is 0 Å². The molecule has 0 radical (unpaired) electrons. The molecule has 1 fully saturated rings. The van der Waals surface area contributed by atoms with Gasteiger partial charge in [0.1, 0.15) is 16.5 Å². The molecule has 0 amide bonds. The molecule has 1 unspecified atom stereocenters. The number of aromatic nitrogens is 1. The summed E-state index contributed by atoms with van der Waals surface area (Å²) < 4.78 is 5.56. The fraction of sp³-hybridized carbons (Fsp3) is 0.500. The largest absolute Gasteiger partial charge is 0.478 e. The number of anilines is 1. The van der Waals surface area contributed by atoms with Gasteiger partial charge in [-0.15, -0.1) is 0 Å². The molecule has 1 saturated heterocycles. The molecule has 1 aromatic rings. The van der Waals surface area contributed by atoms with Crippen molar-refractivity contribution in [1.29, 1.82) is 0 Å². The molecule has 0 aromatic carbocycles. The summed E-state index contributed by atoms with van der Waals surface area (Å²) in [5.74, 6) is -0.726. The predicted molar refractivity (Wildman–Crippen MR) is 68.3 cm³/mol. The Morgan fingerprint density at radius 2 is 2.39 bits per heavy atom. The maximum absolute atomic E-state index is 11.0. The van der Waals surface area contributed by atoms with Crippen LogP contribution >= 0.6 is 11.6 Å². The maximum Gasteiger partial charge on any atom is 0.339 e. The minimum absolute atomic E-state index is 0.112. The van der Waals surface area contributed by atoms with Crippen LogP contribution in [0.1, 0.15) is 29.6 Å². The van der Waals surface area contributed by atoms with Crippen molar-refractivity contribution in [3.05, 3.63) is 22.8 Å². The summed E-state index contributed by atoms with van der Waals surface area (Å²) >= 11 is 5.77. The minimum atomic E-state index is -1.02. The molecule has 2 heterocycles. The summed E-state index contributed by atoms with van der Waals surface area (Å²) in [6.45, 7) is 1.31. The Morgan fingerprint density at radius 3 is 3.06 bits per heavy atom. The molecule has 5 nitrogen and oxygen atoms in total. The van der Waals surface area contributed by atoms with Crippen molar-refractivity contribution in [2.75, 3.05) is 18.5 Å². The Hall–Kier alpha value is -1.33. The predicted octanol–water partition coefficient (Wildman–Crippen LogP) is 2.41. The zero-order valence-corrected chi connectivity index (χ0v) is 10.6. The second kappa shape index (κ2) is 6.02. The molecule has 2 N–H and O–H groups in total. The summed E-state index contributed by atoms with van der Waals surface area (Å²) in [5.41, 5.74) is 0.121. The van der Waals surface area contributed by atoms with E-state index in [9.17, 15) is 4.79 Å². The average Bonchev–Trinajstić information content (AvgIpc) is 2.37. The van der Waals surface area contributed by atoms with E-state index in [4.69, 9.17) is 21.4 Å². The van der Waals surface area contributed by atoms with E-state index in [1.54, 1.807) is 0 Å². The second-order valence-corrected chi connectivity index (χ2v) is 4.59. The van der Waals surface area contributed by atoms with Gasteiger partial charge in [0.05, 0.1) is 6.10 Å². The molecule has 0 saturated carbocycles. The van der Waals surface area contributed by atoms with Gasteiger partial charge in [-0.05, 0) is 31.4 Å². The van der Waals surface area contributed by atoms with Gasteiger partial charge in [-0.25, -0.2) is 9.78 Å². The first-order chi connectivity index (χ1) is 8.66. The topological polar surface area (TPSA) is 71.5 Å². The lowest BCUT2D eigenvalue weighted by molar-refractivity contribution is 0.0247. The molecule has 98 valence electrons. The lowest BCUT2D eigenvalue weighted by Gasteiger charge is -2.23. The van der Waals surface area contributed by atoms with E-state index < -0.39 is 5.97 Å². The zero-order chi connectivity index (χ0) is 13.0. The number of aromatic carboxylic acids is 1. The fourth-order valence-electron chi connectivity index (χ4n) is 1.92. The third-order valence-corrected chi connectivity index (χ3v) is 3.07. The van der Waals surface area contributed by atoms with Gasteiger partial charge >= 0.3 is 5.97 Å². The number of hydrogen-bond donors (Lipinski definition) is 2. The highest BCUT2D eigenvalue weighted by Gasteiger charge is 2.16. The summed E-state index contributed by atoms with van der Waals surface area (Å²) in [6, 6.07) is 2.91. The Bertz CT molecular complexity index is 433. The molecular formula is C12H15ClN2O3. The molecule has 0 aliphatic carbocycles. The van der Waals surface area contributed by atoms with E-state index in [1.807, 2.05) is 0 Å². The summed E-state index contributed by atoms with van der Waals surface area (Å²) in [5, 5.41) is 12.3. The number of hydrogen-bond acceptors (Lipinski definition) is 4. The van der Waals surface area contributed by atoms with Crippen molar-refractivity contribution in [3.8, 4) is 0 Å². The molecule has 1 aliphatic rings. The van der Waals surface area contributed by atoms with Gasteiger partial charge in [0, 0.05) is 13.2 Å². The first-order valence-electron chi connectivity index (χ1n) is 5.92. The van der Waals surface area contributed by atoms with Crippen molar-refractivity contribution < 1.29 is 14.6 Å². The number of carbonyl (C=O) groups is 1. The van der Waals surface area contributed by atoms with E-state index in [0.29, 0.717) is 12.4 Å². The highest BCUT2D eigenvalue weighted by molar-refractivity contribution is 6.29. The van der Waals surface area contributed by atoms with Crippen molar-refractivity contribution in [2.24, 2.45) is 0 Å². The number of halogens is 1. The SMILES string of the molecule is O=C(O)c1ccc(Cl)nc1NCC1CCCCO1. The Balaban J connectivity index is 2.03. The van der Waals surface area contributed by atoms with E-state index in [0.717, 1.165) is 25.9 Å². The first-order valence-corrected chi connectivity index (χ1v) is 6.30. The molecule has 0 bridgehead atoms. The van der Waals surface area contributed by atoms with Crippen LogP contribution in [0.15, 0.2) is 12.1 Å². The van der Waals surface area contributed by atoms with Crippen LogP contribution in [0.2, 0.25) is 5.15 Å². The Morgan fingerprint density at radius 1 is 1.56 bits per heavy atom. The molecule has 0 spiro atoms. The molecule has 18 heavy (non-hydrogen) atoms. The number of carboxylic acid groups (broad SMARTS) is 1. The van der Waals surface area contributed by atoms with Crippen LogP contribution in [-0.2, 0) is 4.74 Å².